The Bertz CT molecular complexity index is 736. The van der Waals surface area contributed by atoms with Gasteiger partial charge in [-0.2, -0.15) is 0 Å². The van der Waals surface area contributed by atoms with Gasteiger partial charge in [-0.1, -0.05) is 0 Å². The van der Waals surface area contributed by atoms with Gasteiger partial charge < -0.3 is 19.9 Å². The van der Waals surface area contributed by atoms with Gasteiger partial charge in [-0.3, -0.25) is 9.78 Å². The van der Waals surface area contributed by atoms with E-state index >= 15 is 0 Å². The van der Waals surface area contributed by atoms with Crippen molar-refractivity contribution in [1.29, 1.82) is 0 Å². The third kappa shape index (κ3) is 3.66. The number of nitrogens with zero attached hydrogens (tertiary/aromatic N) is 6. The molecule has 1 fully saturated rings. The van der Waals surface area contributed by atoms with E-state index in [-0.39, 0.29) is 12.0 Å². The molecule has 0 unspecified atom stereocenters. The monoisotopic (exact) mass is 343 g/mol. The summed E-state index contributed by atoms with van der Waals surface area (Å²) in [5.41, 5.74) is 1.15. The van der Waals surface area contributed by atoms with Gasteiger partial charge in [0, 0.05) is 52.5 Å². The van der Waals surface area contributed by atoms with Crippen molar-refractivity contribution in [3.63, 3.8) is 0 Å². The molecule has 0 aliphatic carbocycles. The maximum absolute atomic E-state index is 12.7. The predicted molar refractivity (Wildman–Crippen MR) is 92.5 cm³/mol. The van der Waals surface area contributed by atoms with Crippen molar-refractivity contribution in [3.8, 4) is 0 Å². The number of morpholine rings is 1. The Hall–Kier alpha value is -2.81. The largest absolute Gasteiger partial charge is 0.372 e. The highest BCUT2D eigenvalue weighted by atomic mass is 16.5. The Balaban J connectivity index is 1.75. The Labute approximate surface area is 146 Å². The van der Waals surface area contributed by atoms with Crippen LogP contribution >= 0.6 is 0 Å². The molecular formula is C16H21N7O2. The third-order valence-corrected chi connectivity index (χ3v) is 3.91. The lowest BCUT2D eigenvalue weighted by atomic mass is 10.1. The van der Waals surface area contributed by atoms with Gasteiger partial charge in [0.25, 0.3) is 5.91 Å². The molecule has 1 atom stereocenters. The van der Waals surface area contributed by atoms with Crippen LogP contribution in [0.4, 0.5) is 11.8 Å². The zero-order chi connectivity index (χ0) is 17.8. The van der Waals surface area contributed by atoms with Crippen LogP contribution in [0.3, 0.4) is 0 Å². The molecule has 1 amide bonds. The summed E-state index contributed by atoms with van der Waals surface area (Å²) in [7, 11) is 5.48. The van der Waals surface area contributed by atoms with Gasteiger partial charge in [-0.15, -0.1) is 0 Å². The zero-order valence-electron chi connectivity index (χ0n) is 14.5. The summed E-state index contributed by atoms with van der Waals surface area (Å²) in [5.74, 6) is 1.10. The minimum Gasteiger partial charge on any atom is -0.372 e. The van der Waals surface area contributed by atoms with Crippen molar-refractivity contribution in [1.82, 2.24) is 24.8 Å². The summed E-state index contributed by atoms with van der Waals surface area (Å²) in [6, 6.07) is 0. The van der Waals surface area contributed by atoms with Gasteiger partial charge in [-0.25, -0.2) is 15.0 Å². The first-order valence-electron chi connectivity index (χ1n) is 7.99. The second-order valence-corrected chi connectivity index (χ2v) is 5.82. The summed E-state index contributed by atoms with van der Waals surface area (Å²) in [4.78, 5) is 33.3. The van der Waals surface area contributed by atoms with Gasteiger partial charge in [0.2, 0.25) is 5.95 Å². The van der Waals surface area contributed by atoms with Crippen LogP contribution in [0.1, 0.15) is 22.2 Å². The molecule has 2 aromatic rings. The Morgan fingerprint density at radius 1 is 1.24 bits per heavy atom. The Kier molecular flexibility index (Phi) is 5.03. The summed E-state index contributed by atoms with van der Waals surface area (Å²) in [5, 5.41) is 3.00. The molecule has 0 spiro atoms. The number of ether oxygens (including phenoxy) is 1. The van der Waals surface area contributed by atoms with Crippen LogP contribution in [-0.2, 0) is 4.74 Å². The van der Waals surface area contributed by atoms with Crippen LogP contribution in [0.5, 0.6) is 0 Å². The van der Waals surface area contributed by atoms with E-state index < -0.39 is 0 Å². The number of nitrogens with one attached hydrogen (secondary N) is 1. The molecule has 9 nitrogen and oxygen atoms in total. The third-order valence-electron chi connectivity index (χ3n) is 3.91. The molecule has 132 valence electrons. The van der Waals surface area contributed by atoms with Crippen LogP contribution in [-0.4, -0.2) is 71.6 Å². The van der Waals surface area contributed by atoms with E-state index in [1.54, 1.807) is 41.6 Å². The molecule has 3 heterocycles. The molecule has 0 saturated carbocycles. The highest BCUT2D eigenvalue weighted by Gasteiger charge is 2.29. The molecule has 1 N–H and O–H groups in total. The quantitative estimate of drug-likeness (QED) is 0.861. The van der Waals surface area contributed by atoms with Gasteiger partial charge in [0.15, 0.2) is 0 Å². The second-order valence-electron chi connectivity index (χ2n) is 5.82. The lowest BCUT2D eigenvalue weighted by Crippen LogP contribution is -2.42. The number of anilines is 2. The zero-order valence-corrected chi connectivity index (χ0v) is 14.5. The standard InChI is InChI=1S/C16H21N7O2/c1-17-14-13(18-4-5-19-14)12-10-23(6-7-25-12)15(24)11-8-20-16(21-9-11)22(2)3/h4-5,8-9,12H,6-7,10H2,1-3H3,(H,17,19)/t12-/m1/s1. The number of aromatic nitrogens is 4. The van der Waals surface area contributed by atoms with Gasteiger partial charge in [-0.05, 0) is 0 Å². The van der Waals surface area contributed by atoms with Gasteiger partial charge >= 0.3 is 0 Å². The minimum absolute atomic E-state index is 0.117. The first-order chi connectivity index (χ1) is 12.1. The topological polar surface area (TPSA) is 96.4 Å². The molecule has 0 bridgehead atoms. The van der Waals surface area contributed by atoms with Crippen molar-refractivity contribution in [2.45, 2.75) is 6.10 Å². The number of carbonyl (C=O) groups excluding carboxylic acids is 1. The maximum atomic E-state index is 12.7. The number of amides is 1. The number of rotatable bonds is 4. The molecular weight excluding hydrogens is 322 g/mol. The first-order valence-corrected chi connectivity index (χ1v) is 7.99. The van der Waals surface area contributed by atoms with Crippen molar-refractivity contribution in [2.75, 3.05) is 51.1 Å². The van der Waals surface area contributed by atoms with Crippen LogP contribution < -0.4 is 10.2 Å². The van der Waals surface area contributed by atoms with Gasteiger partial charge in [0.05, 0.1) is 18.7 Å². The highest BCUT2D eigenvalue weighted by molar-refractivity contribution is 5.93. The fraction of sp³-hybridized carbons (Fsp3) is 0.438. The fourth-order valence-corrected chi connectivity index (χ4v) is 2.62. The molecule has 0 aromatic carbocycles. The van der Waals surface area contributed by atoms with Crippen molar-refractivity contribution in [3.05, 3.63) is 36.0 Å². The smallest absolute Gasteiger partial charge is 0.257 e. The summed E-state index contributed by atoms with van der Waals surface area (Å²) < 4.78 is 5.80. The molecule has 1 aliphatic rings. The molecule has 3 rings (SSSR count). The number of hydrogen-bond acceptors (Lipinski definition) is 8. The Morgan fingerprint density at radius 2 is 1.96 bits per heavy atom. The lowest BCUT2D eigenvalue weighted by molar-refractivity contribution is -0.0245. The van der Waals surface area contributed by atoms with Crippen LogP contribution in [0, 0.1) is 0 Å². The lowest BCUT2D eigenvalue weighted by Gasteiger charge is -2.33. The van der Waals surface area contributed by atoms with E-state index in [1.165, 1.54) is 0 Å². The minimum atomic E-state index is -0.323. The molecule has 1 saturated heterocycles. The molecule has 0 radical (unpaired) electrons. The number of carbonyl (C=O) groups is 1. The maximum Gasteiger partial charge on any atom is 0.257 e. The highest BCUT2D eigenvalue weighted by Crippen LogP contribution is 2.25. The van der Waals surface area contributed by atoms with Crippen molar-refractivity contribution >= 4 is 17.7 Å². The molecule has 1 aliphatic heterocycles. The van der Waals surface area contributed by atoms with E-state index in [0.29, 0.717) is 42.7 Å². The summed E-state index contributed by atoms with van der Waals surface area (Å²) in [6.45, 7) is 1.36. The Morgan fingerprint density at radius 3 is 2.64 bits per heavy atom. The average Bonchev–Trinajstić information content (AvgIpc) is 2.67. The SMILES string of the molecule is CNc1nccnc1[C@H]1CN(C(=O)c2cnc(N(C)C)nc2)CCO1. The van der Waals surface area contributed by atoms with Gasteiger partial charge in [0.1, 0.15) is 17.6 Å². The summed E-state index contributed by atoms with van der Waals surface area (Å²) >= 11 is 0. The molecule has 9 heteroatoms. The number of hydrogen-bond donors (Lipinski definition) is 1. The average molecular weight is 343 g/mol. The molecule has 2 aromatic heterocycles. The normalized spacial score (nSPS) is 17.2. The molecule has 25 heavy (non-hydrogen) atoms. The summed E-state index contributed by atoms with van der Waals surface area (Å²) in [6.07, 6.45) is 6.02. The van der Waals surface area contributed by atoms with Crippen molar-refractivity contribution in [2.24, 2.45) is 0 Å². The van der Waals surface area contributed by atoms with E-state index in [0.717, 1.165) is 0 Å². The second kappa shape index (κ2) is 7.39. The van der Waals surface area contributed by atoms with E-state index in [1.807, 2.05) is 14.1 Å². The fourth-order valence-electron chi connectivity index (χ4n) is 2.62. The van der Waals surface area contributed by atoms with Crippen molar-refractivity contribution < 1.29 is 9.53 Å². The predicted octanol–water partition coefficient (Wildman–Crippen LogP) is 0.588. The first kappa shape index (κ1) is 17.0. The van der Waals surface area contributed by atoms with E-state index in [9.17, 15) is 4.79 Å². The van der Waals surface area contributed by atoms with Crippen LogP contribution in [0.25, 0.3) is 0 Å². The van der Waals surface area contributed by atoms with E-state index in [2.05, 4.69) is 25.3 Å². The van der Waals surface area contributed by atoms with E-state index in [4.69, 9.17) is 4.74 Å². The van der Waals surface area contributed by atoms with Crippen LogP contribution in [0.2, 0.25) is 0 Å². The van der Waals surface area contributed by atoms with Crippen LogP contribution in [0.15, 0.2) is 24.8 Å².